The van der Waals surface area contributed by atoms with E-state index in [9.17, 15) is 9.59 Å². The van der Waals surface area contributed by atoms with E-state index in [-0.39, 0.29) is 18.0 Å². The summed E-state index contributed by atoms with van der Waals surface area (Å²) < 4.78 is 0. The van der Waals surface area contributed by atoms with Crippen LogP contribution in [0, 0.1) is 11.3 Å². The summed E-state index contributed by atoms with van der Waals surface area (Å²) in [6.45, 7) is 0.411. The Kier molecular flexibility index (Phi) is 5.32. The first-order valence-corrected chi connectivity index (χ1v) is 5.49. The van der Waals surface area contributed by atoms with Crippen LogP contribution in [0.3, 0.4) is 0 Å². The van der Waals surface area contributed by atoms with Gasteiger partial charge in [0.15, 0.2) is 0 Å². The quantitative estimate of drug-likeness (QED) is 0.728. The lowest BCUT2D eigenvalue weighted by molar-refractivity contribution is -0.137. The molecule has 6 nitrogen and oxygen atoms in total. The summed E-state index contributed by atoms with van der Waals surface area (Å²) in [5, 5.41) is 19.6. The Morgan fingerprint density at radius 2 is 2.17 bits per heavy atom. The number of pyridine rings is 1. The molecule has 94 valence electrons. The summed E-state index contributed by atoms with van der Waals surface area (Å²) >= 11 is 0. The van der Waals surface area contributed by atoms with Crippen molar-refractivity contribution in [2.45, 2.75) is 19.3 Å². The minimum Gasteiger partial charge on any atom is -0.481 e. The molecule has 0 aromatic carbocycles. The number of amides is 1. The number of carboxylic acids is 1. The van der Waals surface area contributed by atoms with Gasteiger partial charge in [-0.15, -0.1) is 0 Å². The van der Waals surface area contributed by atoms with Gasteiger partial charge in [-0.05, 0) is 25.0 Å². The van der Waals surface area contributed by atoms with Gasteiger partial charge in [-0.1, -0.05) is 0 Å². The van der Waals surface area contributed by atoms with Crippen molar-refractivity contribution in [3.8, 4) is 6.07 Å². The van der Waals surface area contributed by atoms with Crippen LogP contribution in [0.2, 0.25) is 0 Å². The highest BCUT2D eigenvalue weighted by molar-refractivity contribution is 5.92. The van der Waals surface area contributed by atoms with E-state index in [1.165, 1.54) is 18.3 Å². The van der Waals surface area contributed by atoms with E-state index in [0.717, 1.165) is 0 Å². The third-order valence-corrected chi connectivity index (χ3v) is 2.23. The third kappa shape index (κ3) is 4.61. The predicted octanol–water partition coefficient (Wildman–Crippen LogP) is 0.938. The van der Waals surface area contributed by atoms with Crippen molar-refractivity contribution >= 4 is 11.9 Å². The summed E-state index contributed by atoms with van der Waals surface area (Å²) in [4.78, 5) is 25.7. The molecule has 6 heteroatoms. The molecule has 0 atom stereocenters. The van der Waals surface area contributed by atoms with Crippen LogP contribution in [0.15, 0.2) is 18.3 Å². The number of unbranched alkanes of at least 4 members (excludes halogenated alkanes) is 1. The molecule has 0 saturated heterocycles. The molecule has 0 fully saturated rings. The van der Waals surface area contributed by atoms with Crippen LogP contribution < -0.4 is 5.32 Å². The maximum absolute atomic E-state index is 11.6. The van der Waals surface area contributed by atoms with E-state index >= 15 is 0 Å². The zero-order chi connectivity index (χ0) is 13.4. The number of carboxylic acid groups (broad SMARTS) is 1. The fraction of sp³-hybridized carbons (Fsp3) is 0.333. The van der Waals surface area contributed by atoms with Gasteiger partial charge in [0.1, 0.15) is 11.8 Å². The Labute approximate surface area is 104 Å². The highest BCUT2D eigenvalue weighted by atomic mass is 16.4. The molecule has 0 aliphatic heterocycles. The average Bonchev–Trinajstić information content (AvgIpc) is 2.38. The average molecular weight is 247 g/mol. The second-order valence-corrected chi connectivity index (χ2v) is 3.65. The summed E-state index contributed by atoms with van der Waals surface area (Å²) in [6, 6.07) is 4.91. The van der Waals surface area contributed by atoms with Crippen molar-refractivity contribution < 1.29 is 14.7 Å². The molecule has 0 radical (unpaired) electrons. The van der Waals surface area contributed by atoms with Gasteiger partial charge in [-0.25, -0.2) is 4.98 Å². The van der Waals surface area contributed by atoms with Crippen LogP contribution in [-0.4, -0.2) is 28.5 Å². The molecule has 0 aliphatic carbocycles. The second-order valence-electron chi connectivity index (χ2n) is 3.65. The lowest BCUT2D eigenvalue weighted by atomic mass is 10.2. The van der Waals surface area contributed by atoms with E-state index in [4.69, 9.17) is 10.4 Å². The molecule has 1 aromatic rings. The van der Waals surface area contributed by atoms with Gasteiger partial charge in [0, 0.05) is 19.2 Å². The first kappa shape index (κ1) is 13.6. The van der Waals surface area contributed by atoms with Gasteiger partial charge in [0.05, 0.1) is 5.56 Å². The number of carbonyl (C=O) groups is 2. The Morgan fingerprint density at radius 1 is 1.39 bits per heavy atom. The smallest absolute Gasteiger partial charge is 0.303 e. The number of hydrogen-bond donors (Lipinski definition) is 2. The maximum Gasteiger partial charge on any atom is 0.303 e. The zero-order valence-corrected chi connectivity index (χ0v) is 9.72. The Balaban J connectivity index is 2.32. The predicted molar refractivity (Wildman–Crippen MR) is 62.8 cm³/mol. The molecule has 1 heterocycles. The highest BCUT2D eigenvalue weighted by Gasteiger charge is 2.06. The lowest BCUT2D eigenvalue weighted by Gasteiger charge is -2.03. The van der Waals surface area contributed by atoms with Gasteiger partial charge in [-0.2, -0.15) is 5.26 Å². The van der Waals surface area contributed by atoms with Crippen LogP contribution in [0.4, 0.5) is 0 Å². The summed E-state index contributed by atoms with van der Waals surface area (Å²) in [5.74, 6) is -1.16. The molecule has 2 N–H and O–H groups in total. The van der Waals surface area contributed by atoms with Crippen LogP contribution in [0.1, 0.15) is 35.3 Å². The minimum atomic E-state index is -0.838. The first-order chi connectivity index (χ1) is 8.63. The summed E-state index contributed by atoms with van der Waals surface area (Å²) in [6.07, 6.45) is 2.56. The van der Waals surface area contributed by atoms with E-state index < -0.39 is 5.97 Å². The fourth-order valence-corrected chi connectivity index (χ4v) is 1.29. The number of nitriles is 1. The van der Waals surface area contributed by atoms with Gasteiger partial charge in [-0.3, -0.25) is 9.59 Å². The van der Waals surface area contributed by atoms with Gasteiger partial charge < -0.3 is 10.4 Å². The topological polar surface area (TPSA) is 103 Å². The Morgan fingerprint density at radius 3 is 2.72 bits per heavy atom. The second kappa shape index (κ2) is 7.01. The number of aromatic nitrogens is 1. The van der Waals surface area contributed by atoms with Crippen molar-refractivity contribution in [2.75, 3.05) is 6.54 Å². The van der Waals surface area contributed by atoms with Gasteiger partial charge in [0.25, 0.3) is 5.91 Å². The molecule has 0 spiro atoms. The monoisotopic (exact) mass is 247 g/mol. The van der Waals surface area contributed by atoms with Crippen molar-refractivity contribution in [2.24, 2.45) is 0 Å². The van der Waals surface area contributed by atoms with E-state index in [1.807, 2.05) is 6.07 Å². The minimum absolute atomic E-state index is 0.102. The van der Waals surface area contributed by atoms with Crippen molar-refractivity contribution in [3.05, 3.63) is 29.6 Å². The van der Waals surface area contributed by atoms with Crippen LogP contribution >= 0.6 is 0 Å². The molecular weight excluding hydrogens is 234 g/mol. The molecule has 1 aromatic heterocycles. The van der Waals surface area contributed by atoms with Crippen molar-refractivity contribution in [1.82, 2.24) is 10.3 Å². The number of aliphatic carboxylic acids is 1. The summed E-state index contributed by atoms with van der Waals surface area (Å²) in [5.41, 5.74) is 0.639. The summed E-state index contributed by atoms with van der Waals surface area (Å²) in [7, 11) is 0. The van der Waals surface area contributed by atoms with Gasteiger partial charge >= 0.3 is 5.97 Å². The first-order valence-electron chi connectivity index (χ1n) is 5.49. The normalized spacial score (nSPS) is 9.50. The highest BCUT2D eigenvalue weighted by Crippen LogP contribution is 1.99. The van der Waals surface area contributed by atoms with Crippen molar-refractivity contribution in [1.29, 1.82) is 5.26 Å². The maximum atomic E-state index is 11.6. The van der Waals surface area contributed by atoms with E-state index in [2.05, 4.69) is 10.3 Å². The number of carbonyl (C=O) groups excluding carboxylic acids is 1. The SMILES string of the molecule is N#Cc1ccc(C(=O)NCCCCC(=O)O)nc1. The molecule has 1 rings (SSSR count). The molecule has 1 amide bonds. The molecule has 0 bridgehead atoms. The standard InChI is InChI=1S/C12H13N3O3/c13-7-9-4-5-10(15-8-9)12(18)14-6-2-1-3-11(16)17/h4-5,8H,1-3,6H2,(H,14,18)(H,16,17). The largest absolute Gasteiger partial charge is 0.481 e. The van der Waals surface area contributed by atoms with Crippen LogP contribution in [0.5, 0.6) is 0 Å². The molecule has 0 aliphatic rings. The number of nitrogens with one attached hydrogen (secondary N) is 1. The van der Waals surface area contributed by atoms with Gasteiger partial charge in [0.2, 0.25) is 0 Å². The fourth-order valence-electron chi connectivity index (χ4n) is 1.29. The van der Waals surface area contributed by atoms with E-state index in [0.29, 0.717) is 24.9 Å². The van der Waals surface area contributed by atoms with Crippen LogP contribution in [-0.2, 0) is 4.79 Å². The molecule has 18 heavy (non-hydrogen) atoms. The third-order valence-electron chi connectivity index (χ3n) is 2.23. The molecule has 0 unspecified atom stereocenters. The number of nitrogens with zero attached hydrogens (tertiary/aromatic N) is 2. The molecule has 0 saturated carbocycles. The Hall–Kier alpha value is -2.42. The van der Waals surface area contributed by atoms with Crippen molar-refractivity contribution in [3.63, 3.8) is 0 Å². The zero-order valence-electron chi connectivity index (χ0n) is 9.72. The number of rotatable bonds is 6. The lowest BCUT2D eigenvalue weighted by Crippen LogP contribution is -2.25. The van der Waals surface area contributed by atoms with E-state index in [1.54, 1.807) is 0 Å². The number of hydrogen-bond acceptors (Lipinski definition) is 4. The molecular formula is C12H13N3O3. The van der Waals surface area contributed by atoms with Crippen LogP contribution in [0.25, 0.3) is 0 Å². The Bertz CT molecular complexity index is 462.